The summed E-state index contributed by atoms with van der Waals surface area (Å²) in [6.45, 7) is 4.68. The molecule has 2 N–H and O–H groups in total. The van der Waals surface area contributed by atoms with Crippen LogP contribution >= 0.6 is 11.3 Å². The lowest BCUT2D eigenvalue weighted by Gasteiger charge is -2.02. The molecule has 0 aliphatic rings. The molecule has 0 spiro atoms. The smallest absolute Gasteiger partial charge is 0.0964 e. The molecule has 6 heteroatoms. The van der Waals surface area contributed by atoms with Crippen LogP contribution in [0, 0.1) is 0 Å². The maximum atomic E-state index is 8.76. The Labute approximate surface area is 117 Å². The van der Waals surface area contributed by atoms with Crippen LogP contribution in [0.1, 0.15) is 29.5 Å². The molecule has 0 radical (unpaired) electrons. The second kappa shape index (κ2) is 7.37. The number of hydrogen-bond acceptors (Lipinski definition) is 5. The standard InChI is InChI=1S/C13H20N4OS/c1-2-11-4-7-19-13(11)9-14-8-12-10-17(16-15-12)5-3-6-18/h4,7,10,14,18H,2-3,5-6,8-9H2,1H3. The number of aliphatic hydroxyl groups is 1. The van der Waals surface area contributed by atoms with Gasteiger partial charge in [-0.05, 0) is 29.9 Å². The molecule has 2 heterocycles. The Morgan fingerprint density at radius 1 is 1.42 bits per heavy atom. The average molecular weight is 280 g/mol. The van der Waals surface area contributed by atoms with Crippen molar-refractivity contribution in [2.24, 2.45) is 0 Å². The van der Waals surface area contributed by atoms with E-state index in [1.165, 1.54) is 10.4 Å². The molecule has 2 aromatic rings. The van der Waals surface area contributed by atoms with E-state index in [1.54, 1.807) is 16.0 Å². The van der Waals surface area contributed by atoms with E-state index >= 15 is 0 Å². The molecular weight excluding hydrogens is 260 g/mol. The number of hydrogen-bond donors (Lipinski definition) is 2. The van der Waals surface area contributed by atoms with E-state index in [4.69, 9.17) is 5.11 Å². The Balaban J connectivity index is 1.77. The minimum Gasteiger partial charge on any atom is -0.396 e. The molecule has 0 saturated heterocycles. The number of thiophene rings is 1. The minimum atomic E-state index is 0.186. The van der Waals surface area contributed by atoms with Crippen molar-refractivity contribution in [3.05, 3.63) is 33.8 Å². The second-order valence-corrected chi connectivity index (χ2v) is 5.38. The summed E-state index contributed by atoms with van der Waals surface area (Å²) in [5, 5.41) is 22.4. The van der Waals surface area contributed by atoms with Crippen molar-refractivity contribution in [3.8, 4) is 0 Å². The van der Waals surface area contributed by atoms with Gasteiger partial charge in [-0.15, -0.1) is 16.4 Å². The topological polar surface area (TPSA) is 63.0 Å². The third-order valence-corrected chi connectivity index (χ3v) is 3.90. The van der Waals surface area contributed by atoms with Crippen molar-refractivity contribution in [2.75, 3.05) is 6.61 Å². The molecule has 0 aliphatic heterocycles. The first kappa shape index (κ1) is 14.2. The van der Waals surface area contributed by atoms with E-state index in [-0.39, 0.29) is 6.61 Å². The molecule has 2 rings (SSSR count). The first-order chi connectivity index (χ1) is 9.33. The number of nitrogens with zero attached hydrogens (tertiary/aromatic N) is 3. The molecule has 0 aliphatic carbocycles. The molecule has 19 heavy (non-hydrogen) atoms. The molecule has 0 fully saturated rings. The van der Waals surface area contributed by atoms with Gasteiger partial charge < -0.3 is 10.4 Å². The average Bonchev–Trinajstić information content (AvgIpc) is 3.05. The molecule has 0 atom stereocenters. The summed E-state index contributed by atoms with van der Waals surface area (Å²) in [6, 6.07) is 2.19. The lowest BCUT2D eigenvalue weighted by Crippen LogP contribution is -2.13. The van der Waals surface area contributed by atoms with E-state index in [9.17, 15) is 0 Å². The van der Waals surface area contributed by atoms with E-state index in [1.807, 2.05) is 6.20 Å². The highest BCUT2D eigenvalue weighted by atomic mass is 32.1. The van der Waals surface area contributed by atoms with Crippen LogP contribution in [0.3, 0.4) is 0 Å². The Kier molecular flexibility index (Phi) is 5.50. The van der Waals surface area contributed by atoms with Gasteiger partial charge in [0.1, 0.15) is 0 Å². The van der Waals surface area contributed by atoms with Gasteiger partial charge >= 0.3 is 0 Å². The Morgan fingerprint density at radius 3 is 3.11 bits per heavy atom. The fourth-order valence-electron chi connectivity index (χ4n) is 1.90. The third-order valence-electron chi connectivity index (χ3n) is 2.94. The first-order valence-corrected chi connectivity index (χ1v) is 7.47. The van der Waals surface area contributed by atoms with Crippen molar-refractivity contribution in [1.82, 2.24) is 20.3 Å². The highest BCUT2D eigenvalue weighted by Crippen LogP contribution is 2.16. The van der Waals surface area contributed by atoms with Gasteiger partial charge in [0.05, 0.1) is 5.69 Å². The van der Waals surface area contributed by atoms with Crippen LogP contribution in [-0.2, 0) is 26.1 Å². The van der Waals surface area contributed by atoms with Crippen LogP contribution in [0.5, 0.6) is 0 Å². The summed E-state index contributed by atoms with van der Waals surface area (Å²) in [5.41, 5.74) is 2.36. The first-order valence-electron chi connectivity index (χ1n) is 6.59. The van der Waals surface area contributed by atoms with E-state index in [0.717, 1.165) is 25.2 Å². The lowest BCUT2D eigenvalue weighted by molar-refractivity contribution is 0.276. The van der Waals surface area contributed by atoms with E-state index in [2.05, 4.69) is 34.0 Å². The third kappa shape index (κ3) is 4.12. The molecule has 0 aromatic carbocycles. The summed E-state index contributed by atoms with van der Waals surface area (Å²) in [5.74, 6) is 0. The number of aryl methyl sites for hydroxylation is 2. The van der Waals surface area contributed by atoms with Crippen LogP contribution in [0.4, 0.5) is 0 Å². The predicted octanol–water partition coefficient (Wildman–Crippen LogP) is 1.57. The van der Waals surface area contributed by atoms with Gasteiger partial charge in [0, 0.05) is 37.3 Å². The van der Waals surface area contributed by atoms with Gasteiger partial charge in [-0.3, -0.25) is 4.68 Å². The summed E-state index contributed by atoms with van der Waals surface area (Å²) < 4.78 is 1.77. The summed E-state index contributed by atoms with van der Waals surface area (Å²) in [7, 11) is 0. The zero-order chi connectivity index (χ0) is 13.5. The van der Waals surface area contributed by atoms with Gasteiger partial charge in [0.2, 0.25) is 0 Å². The van der Waals surface area contributed by atoms with Gasteiger partial charge in [-0.25, -0.2) is 0 Å². The Morgan fingerprint density at radius 2 is 2.32 bits per heavy atom. The van der Waals surface area contributed by atoms with E-state index < -0.39 is 0 Å². The zero-order valence-electron chi connectivity index (χ0n) is 11.2. The van der Waals surface area contributed by atoms with Gasteiger partial charge in [-0.2, -0.15) is 0 Å². The van der Waals surface area contributed by atoms with Crippen molar-refractivity contribution in [3.63, 3.8) is 0 Å². The number of nitrogens with one attached hydrogen (secondary N) is 1. The Hall–Kier alpha value is -1.24. The van der Waals surface area contributed by atoms with Crippen LogP contribution in [0.15, 0.2) is 17.6 Å². The lowest BCUT2D eigenvalue weighted by atomic mass is 10.2. The maximum absolute atomic E-state index is 8.76. The SMILES string of the molecule is CCc1ccsc1CNCc1cn(CCCO)nn1. The van der Waals surface area contributed by atoms with E-state index in [0.29, 0.717) is 13.0 Å². The number of rotatable bonds is 8. The molecule has 5 nitrogen and oxygen atoms in total. The highest BCUT2D eigenvalue weighted by molar-refractivity contribution is 7.10. The predicted molar refractivity (Wildman–Crippen MR) is 76.0 cm³/mol. The largest absolute Gasteiger partial charge is 0.396 e. The van der Waals surface area contributed by atoms with Crippen LogP contribution in [0.2, 0.25) is 0 Å². The number of aromatic nitrogens is 3. The zero-order valence-corrected chi connectivity index (χ0v) is 12.0. The van der Waals surface area contributed by atoms with Crippen molar-refractivity contribution < 1.29 is 5.11 Å². The monoisotopic (exact) mass is 280 g/mol. The fraction of sp³-hybridized carbons (Fsp3) is 0.538. The quantitative estimate of drug-likeness (QED) is 0.770. The molecule has 0 amide bonds. The summed E-state index contributed by atoms with van der Waals surface area (Å²) in [4.78, 5) is 1.40. The summed E-state index contributed by atoms with van der Waals surface area (Å²) in [6.07, 6.45) is 3.72. The molecular formula is C13H20N4OS. The van der Waals surface area contributed by atoms with Gasteiger partial charge in [0.25, 0.3) is 0 Å². The summed E-state index contributed by atoms with van der Waals surface area (Å²) >= 11 is 1.79. The minimum absolute atomic E-state index is 0.186. The van der Waals surface area contributed by atoms with Crippen LogP contribution in [-0.4, -0.2) is 26.7 Å². The van der Waals surface area contributed by atoms with Crippen molar-refractivity contribution >= 4 is 11.3 Å². The van der Waals surface area contributed by atoms with Gasteiger partial charge in [-0.1, -0.05) is 12.1 Å². The van der Waals surface area contributed by atoms with Crippen molar-refractivity contribution in [1.29, 1.82) is 0 Å². The fourth-order valence-corrected chi connectivity index (χ4v) is 2.85. The molecule has 0 unspecified atom stereocenters. The van der Waals surface area contributed by atoms with Crippen LogP contribution < -0.4 is 5.32 Å². The van der Waals surface area contributed by atoms with Gasteiger partial charge in [0.15, 0.2) is 0 Å². The molecule has 0 saturated carbocycles. The maximum Gasteiger partial charge on any atom is 0.0964 e. The normalized spacial score (nSPS) is 11.1. The number of aliphatic hydroxyl groups excluding tert-OH is 1. The second-order valence-electron chi connectivity index (χ2n) is 4.38. The molecule has 2 aromatic heterocycles. The van der Waals surface area contributed by atoms with Crippen molar-refractivity contribution in [2.45, 2.75) is 39.4 Å². The van der Waals surface area contributed by atoms with Crippen LogP contribution in [0.25, 0.3) is 0 Å². The molecule has 104 valence electrons. The Bertz CT molecular complexity index is 494. The molecule has 0 bridgehead atoms. The highest BCUT2D eigenvalue weighted by Gasteiger charge is 2.03.